The Morgan fingerprint density at radius 2 is 1.77 bits per heavy atom. The van der Waals surface area contributed by atoms with Crippen molar-refractivity contribution in [1.29, 1.82) is 0 Å². The van der Waals surface area contributed by atoms with Crippen LogP contribution in [0.2, 0.25) is 0 Å². The van der Waals surface area contributed by atoms with Gasteiger partial charge in [-0.05, 0) is 24.6 Å². The molecule has 2 aromatic rings. The maximum atomic E-state index is 13.8. The monoisotopic (exact) mass is 354 g/mol. The molecule has 0 aliphatic heterocycles. The molecule has 0 radical (unpaired) electrons. The predicted molar refractivity (Wildman–Crippen MR) is 100 cm³/mol. The second kappa shape index (κ2) is 10.1. The first kappa shape index (κ1) is 19.4. The molecule has 0 aliphatic carbocycles. The van der Waals surface area contributed by atoms with Crippen molar-refractivity contribution >= 4 is 11.8 Å². The second-order valence-corrected chi connectivity index (χ2v) is 5.88. The summed E-state index contributed by atoms with van der Waals surface area (Å²) in [5, 5.41) is 2.79. The van der Waals surface area contributed by atoms with Gasteiger partial charge in [-0.15, -0.1) is 6.58 Å². The summed E-state index contributed by atoms with van der Waals surface area (Å²) >= 11 is 0. The molecule has 136 valence electrons. The lowest BCUT2D eigenvalue weighted by Gasteiger charge is -2.21. The first-order valence-corrected chi connectivity index (χ1v) is 8.57. The lowest BCUT2D eigenvalue weighted by Crippen LogP contribution is -2.32. The number of hydrogen-bond donors (Lipinski definition) is 1. The Hall–Kier alpha value is -2.95. The van der Waals surface area contributed by atoms with Crippen molar-refractivity contribution in [3.63, 3.8) is 0 Å². The van der Waals surface area contributed by atoms with Gasteiger partial charge in [0.05, 0.1) is 0 Å². The maximum Gasteiger partial charge on any atom is 0.251 e. The normalized spacial score (nSPS) is 10.2. The highest BCUT2D eigenvalue weighted by molar-refractivity contribution is 5.94. The molecular formula is C21H23FN2O2. The van der Waals surface area contributed by atoms with E-state index in [1.54, 1.807) is 53.4 Å². The lowest BCUT2D eigenvalue weighted by atomic mass is 10.1. The van der Waals surface area contributed by atoms with E-state index in [0.717, 1.165) is 0 Å². The lowest BCUT2D eigenvalue weighted by molar-refractivity contribution is -0.131. The molecule has 0 saturated heterocycles. The van der Waals surface area contributed by atoms with Gasteiger partial charge in [0.2, 0.25) is 5.91 Å². The average molecular weight is 354 g/mol. The average Bonchev–Trinajstić information content (AvgIpc) is 2.67. The molecule has 2 amide bonds. The van der Waals surface area contributed by atoms with Crippen molar-refractivity contribution < 1.29 is 14.0 Å². The van der Waals surface area contributed by atoms with E-state index in [-0.39, 0.29) is 30.6 Å². The van der Waals surface area contributed by atoms with E-state index in [4.69, 9.17) is 0 Å². The fourth-order valence-electron chi connectivity index (χ4n) is 2.53. The van der Waals surface area contributed by atoms with E-state index in [1.807, 2.05) is 6.07 Å². The Labute approximate surface area is 153 Å². The van der Waals surface area contributed by atoms with Crippen molar-refractivity contribution in [2.24, 2.45) is 0 Å². The molecule has 5 heteroatoms. The van der Waals surface area contributed by atoms with Crippen LogP contribution in [0.25, 0.3) is 0 Å². The highest BCUT2D eigenvalue weighted by Crippen LogP contribution is 2.11. The van der Waals surface area contributed by atoms with E-state index >= 15 is 0 Å². The number of nitrogens with one attached hydrogen (secondary N) is 1. The van der Waals surface area contributed by atoms with Gasteiger partial charge in [-0.3, -0.25) is 9.59 Å². The molecule has 2 rings (SSSR count). The molecule has 0 spiro atoms. The maximum absolute atomic E-state index is 13.8. The number of amides is 2. The van der Waals surface area contributed by atoms with Gasteiger partial charge in [0.25, 0.3) is 5.91 Å². The molecule has 1 N–H and O–H groups in total. The smallest absolute Gasteiger partial charge is 0.251 e. The van der Waals surface area contributed by atoms with Crippen molar-refractivity contribution in [1.82, 2.24) is 10.2 Å². The minimum Gasteiger partial charge on any atom is -0.352 e. The zero-order valence-corrected chi connectivity index (χ0v) is 14.7. The third-order valence-corrected chi connectivity index (χ3v) is 3.91. The number of halogens is 1. The van der Waals surface area contributed by atoms with Crippen LogP contribution in [0.3, 0.4) is 0 Å². The first-order chi connectivity index (χ1) is 12.6. The van der Waals surface area contributed by atoms with Crippen LogP contribution in [-0.4, -0.2) is 29.8 Å². The van der Waals surface area contributed by atoms with Crippen LogP contribution < -0.4 is 5.32 Å². The van der Waals surface area contributed by atoms with Crippen molar-refractivity contribution in [2.75, 3.05) is 13.1 Å². The summed E-state index contributed by atoms with van der Waals surface area (Å²) in [4.78, 5) is 25.9. The number of carbonyl (C=O) groups is 2. The van der Waals surface area contributed by atoms with Crippen LogP contribution in [0.5, 0.6) is 0 Å². The van der Waals surface area contributed by atoms with E-state index in [2.05, 4.69) is 11.9 Å². The molecule has 4 nitrogen and oxygen atoms in total. The molecule has 0 bridgehead atoms. The topological polar surface area (TPSA) is 49.4 Å². The molecule has 0 saturated carbocycles. The molecule has 0 fully saturated rings. The van der Waals surface area contributed by atoms with Gasteiger partial charge in [0, 0.05) is 37.2 Å². The van der Waals surface area contributed by atoms with Crippen LogP contribution in [0.1, 0.15) is 28.8 Å². The molecule has 0 atom stereocenters. The minimum absolute atomic E-state index is 0.0953. The van der Waals surface area contributed by atoms with Crippen LogP contribution in [0.4, 0.5) is 4.39 Å². The van der Waals surface area contributed by atoms with Gasteiger partial charge in [-0.1, -0.05) is 42.5 Å². The quantitative estimate of drug-likeness (QED) is 0.553. The Bertz CT molecular complexity index is 747. The second-order valence-electron chi connectivity index (χ2n) is 5.88. The number of nitrogens with zero attached hydrogens (tertiary/aromatic N) is 1. The fourth-order valence-corrected chi connectivity index (χ4v) is 2.53. The van der Waals surface area contributed by atoms with Gasteiger partial charge < -0.3 is 10.2 Å². The molecule has 26 heavy (non-hydrogen) atoms. The fraction of sp³-hybridized carbons (Fsp3) is 0.238. The highest BCUT2D eigenvalue weighted by atomic mass is 19.1. The summed E-state index contributed by atoms with van der Waals surface area (Å²) in [6, 6.07) is 15.3. The predicted octanol–water partition coefficient (Wildman–Crippen LogP) is 3.55. The molecule has 0 heterocycles. The Kier molecular flexibility index (Phi) is 7.55. The van der Waals surface area contributed by atoms with Gasteiger partial charge in [-0.25, -0.2) is 4.39 Å². The van der Waals surface area contributed by atoms with Crippen molar-refractivity contribution in [3.05, 3.63) is 84.2 Å². The van der Waals surface area contributed by atoms with E-state index in [0.29, 0.717) is 30.6 Å². The molecule has 2 aromatic carbocycles. The molecular weight excluding hydrogens is 331 g/mol. The Morgan fingerprint density at radius 1 is 1.08 bits per heavy atom. The van der Waals surface area contributed by atoms with Gasteiger partial charge in [0.15, 0.2) is 0 Å². The number of benzene rings is 2. The van der Waals surface area contributed by atoms with E-state index < -0.39 is 0 Å². The summed E-state index contributed by atoms with van der Waals surface area (Å²) < 4.78 is 13.8. The van der Waals surface area contributed by atoms with Crippen molar-refractivity contribution in [3.8, 4) is 0 Å². The van der Waals surface area contributed by atoms with Crippen LogP contribution in [-0.2, 0) is 11.3 Å². The number of carbonyl (C=O) groups excluding carboxylic acids is 2. The molecule has 0 aliphatic rings. The molecule has 0 unspecified atom stereocenters. The third-order valence-electron chi connectivity index (χ3n) is 3.91. The van der Waals surface area contributed by atoms with Crippen LogP contribution in [0.15, 0.2) is 67.3 Å². The largest absolute Gasteiger partial charge is 0.352 e. The van der Waals surface area contributed by atoms with Crippen molar-refractivity contribution in [2.45, 2.75) is 19.4 Å². The molecule has 0 aromatic heterocycles. The zero-order valence-electron chi connectivity index (χ0n) is 14.7. The summed E-state index contributed by atoms with van der Waals surface area (Å²) in [6.45, 7) is 4.61. The number of rotatable bonds is 9. The Balaban J connectivity index is 1.81. The SMILES string of the molecule is C=CCN(Cc1ccccc1F)C(=O)CCCNC(=O)c1ccccc1. The summed E-state index contributed by atoms with van der Waals surface area (Å²) in [7, 11) is 0. The third kappa shape index (κ3) is 5.84. The van der Waals surface area contributed by atoms with E-state index in [9.17, 15) is 14.0 Å². The standard InChI is InChI=1S/C21H23FN2O2/c1-2-15-24(16-18-11-6-7-12-19(18)22)20(25)13-8-14-23-21(26)17-9-4-3-5-10-17/h2-7,9-12H,1,8,13-16H2,(H,23,26). The van der Waals surface area contributed by atoms with Gasteiger partial charge in [0.1, 0.15) is 5.82 Å². The highest BCUT2D eigenvalue weighted by Gasteiger charge is 2.14. The van der Waals surface area contributed by atoms with Gasteiger partial charge in [-0.2, -0.15) is 0 Å². The van der Waals surface area contributed by atoms with Gasteiger partial charge >= 0.3 is 0 Å². The summed E-state index contributed by atoms with van der Waals surface area (Å²) in [5.41, 5.74) is 1.06. The first-order valence-electron chi connectivity index (χ1n) is 8.57. The van der Waals surface area contributed by atoms with Crippen LogP contribution >= 0.6 is 0 Å². The van der Waals surface area contributed by atoms with Crippen LogP contribution in [0, 0.1) is 5.82 Å². The summed E-state index contributed by atoms with van der Waals surface area (Å²) in [5.74, 6) is -0.584. The number of hydrogen-bond acceptors (Lipinski definition) is 2. The Morgan fingerprint density at radius 3 is 2.46 bits per heavy atom. The zero-order chi connectivity index (χ0) is 18.8. The van der Waals surface area contributed by atoms with E-state index in [1.165, 1.54) is 6.07 Å². The summed E-state index contributed by atoms with van der Waals surface area (Å²) in [6.07, 6.45) is 2.41. The minimum atomic E-state index is -0.329.